The normalized spacial score (nSPS) is 17.4. The van der Waals surface area contributed by atoms with Crippen LogP contribution in [0.4, 0.5) is 27.8 Å². The van der Waals surface area contributed by atoms with Crippen LogP contribution in [0.15, 0.2) is 58.1 Å². The molecule has 170 valence electrons. The molecule has 1 aliphatic heterocycles. The zero-order valence-electron chi connectivity index (χ0n) is 16.1. The summed E-state index contributed by atoms with van der Waals surface area (Å²) in [6, 6.07) is 7.27. The summed E-state index contributed by atoms with van der Waals surface area (Å²) < 4.78 is 69.9. The number of aromatic nitrogens is 2. The Hall–Kier alpha value is -4.29. The van der Waals surface area contributed by atoms with Gasteiger partial charge in [0.25, 0.3) is 22.9 Å². The molecule has 1 unspecified atom stereocenters. The predicted octanol–water partition coefficient (Wildman–Crippen LogP) is 1.94. The second-order valence-corrected chi connectivity index (χ2v) is 6.96. The van der Waals surface area contributed by atoms with Crippen LogP contribution in [-0.2, 0) is 10.3 Å². The molecule has 1 atom stereocenters. The summed E-state index contributed by atoms with van der Waals surface area (Å²) in [7, 11) is 0. The average molecular weight is 466 g/mol. The number of anilines is 1. The minimum absolute atomic E-state index is 0.169. The van der Waals surface area contributed by atoms with Crippen LogP contribution in [-0.4, -0.2) is 27.5 Å². The van der Waals surface area contributed by atoms with E-state index < -0.39 is 63.4 Å². The summed E-state index contributed by atoms with van der Waals surface area (Å²) in [4.78, 5) is 51.8. The highest BCUT2D eigenvalue weighted by molar-refractivity contribution is 6.09. The molecule has 1 aliphatic rings. The number of aromatic amines is 1. The molecule has 0 radical (unpaired) electrons. The SMILES string of the molecule is O=C(NC1(C(F)(F)F)C(=O)Nc2c1c(=O)[nH]c(=O)n2-c1ccc(F)cc1)c1ccc(F)cc1. The lowest BCUT2D eigenvalue weighted by Crippen LogP contribution is -2.62. The van der Waals surface area contributed by atoms with E-state index in [1.165, 1.54) is 5.32 Å². The first kappa shape index (κ1) is 21.9. The molecule has 0 saturated heterocycles. The molecule has 0 spiro atoms. The molecule has 4 rings (SSSR count). The van der Waals surface area contributed by atoms with Gasteiger partial charge in [0.2, 0.25) is 0 Å². The third-order valence-electron chi connectivity index (χ3n) is 4.98. The molecular weight excluding hydrogens is 455 g/mol. The van der Waals surface area contributed by atoms with Crippen molar-refractivity contribution in [2.75, 3.05) is 5.32 Å². The first-order valence-corrected chi connectivity index (χ1v) is 9.07. The Bertz CT molecular complexity index is 1390. The van der Waals surface area contributed by atoms with Crippen molar-refractivity contribution in [2.24, 2.45) is 0 Å². The van der Waals surface area contributed by atoms with Gasteiger partial charge in [0.05, 0.1) is 5.69 Å². The lowest BCUT2D eigenvalue weighted by molar-refractivity contribution is -0.196. The molecule has 0 fully saturated rings. The van der Waals surface area contributed by atoms with E-state index in [0.29, 0.717) is 4.57 Å². The van der Waals surface area contributed by atoms with Gasteiger partial charge in [-0.2, -0.15) is 13.2 Å². The van der Waals surface area contributed by atoms with E-state index in [-0.39, 0.29) is 5.69 Å². The number of nitrogens with one attached hydrogen (secondary N) is 3. The van der Waals surface area contributed by atoms with Crippen molar-refractivity contribution in [3.8, 4) is 5.69 Å². The summed E-state index contributed by atoms with van der Waals surface area (Å²) in [5.41, 5.74) is -8.56. The van der Waals surface area contributed by atoms with E-state index in [1.54, 1.807) is 4.98 Å². The minimum Gasteiger partial charge on any atom is -0.326 e. The van der Waals surface area contributed by atoms with Crippen LogP contribution in [0.3, 0.4) is 0 Å². The number of H-pyrrole nitrogens is 1. The van der Waals surface area contributed by atoms with Crippen LogP contribution in [0.5, 0.6) is 0 Å². The van der Waals surface area contributed by atoms with Crippen molar-refractivity contribution in [3.63, 3.8) is 0 Å². The molecule has 3 N–H and O–H groups in total. The fourth-order valence-electron chi connectivity index (χ4n) is 3.46. The number of carbonyl (C=O) groups is 2. The van der Waals surface area contributed by atoms with Gasteiger partial charge >= 0.3 is 11.9 Å². The maximum atomic E-state index is 14.3. The van der Waals surface area contributed by atoms with Gasteiger partial charge in [-0.25, -0.2) is 18.1 Å². The smallest absolute Gasteiger partial charge is 0.326 e. The highest BCUT2D eigenvalue weighted by Crippen LogP contribution is 2.45. The van der Waals surface area contributed by atoms with Crippen LogP contribution in [0, 0.1) is 11.6 Å². The lowest BCUT2D eigenvalue weighted by Gasteiger charge is -2.30. The molecule has 0 aliphatic carbocycles. The Morgan fingerprint density at radius 1 is 0.909 bits per heavy atom. The number of fused-ring (bicyclic) bond motifs is 1. The van der Waals surface area contributed by atoms with Gasteiger partial charge in [0.1, 0.15) is 23.0 Å². The Morgan fingerprint density at radius 3 is 2.00 bits per heavy atom. The number of halogens is 5. The summed E-state index contributed by atoms with van der Waals surface area (Å²) in [6.45, 7) is 0. The Morgan fingerprint density at radius 2 is 1.45 bits per heavy atom. The van der Waals surface area contributed by atoms with Gasteiger partial charge in [0.15, 0.2) is 0 Å². The maximum Gasteiger partial charge on any atom is 0.425 e. The summed E-state index contributed by atoms with van der Waals surface area (Å²) in [6.07, 6.45) is -5.55. The number of hydrogen-bond acceptors (Lipinski definition) is 4. The van der Waals surface area contributed by atoms with Crippen molar-refractivity contribution in [3.05, 3.63) is 92.1 Å². The third kappa shape index (κ3) is 3.37. The van der Waals surface area contributed by atoms with Crippen LogP contribution in [0.2, 0.25) is 0 Å². The van der Waals surface area contributed by atoms with Crippen molar-refractivity contribution in [2.45, 2.75) is 11.7 Å². The molecule has 0 bridgehead atoms. The van der Waals surface area contributed by atoms with Gasteiger partial charge in [-0.05, 0) is 48.5 Å². The molecule has 13 heteroatoms. The first-order chi connectivity index (χ1) is 15.5. The number of alkyl halides is 3. The number of benzene rings is 2. The van der Waals surface area contributed by atoms with Crippen molar-refractivity contribution in [1.29, 1.82) is 0 Å². The van der Waals surface area contributed by atoms with Crippen LogP contribution in [0.25, 0.3) is 5.69 Å². The zero-order valence-corrected chi connectivity index (χ0v) is 16.1. The second kappa shape index (κ2) is 7.39. The van der Waals surface area contributed by atoms with Gasteiger partial charge in [-0.1, -0.05) is 0 Å². The number of amides is 2. The molecule has 3 aromatic rings. The van der Waals surface area contributed by atoms with Gasteiger partial charge in [0, 0.05) is 5.56 Å². The van der Waals surface area contributed by atoms with Gasteiger partial charge < -0.3 is 10.6 Å². The van der Waals surface area contributed by atoms with E-state index >= 15 is 0 Å². The topological polar surface area (TPSA) is 113 Å². The molecule has 0 saturated carbocycles. The molecule has 2 heterocycles. The van der Waals surface area contributed by atoms with Crippen LogP contribution in [0.1, 0.15) is 15.9 Å². The summed E-state index contributed by atoms with van der Waals surface area (Å²) in [5, 5.41) is 3.37. The van der Waals surface area contributed by atoms with E-state index in [0.717, 1.165) is 48.5 Å². The standard InChI is InChI=1S/C20H11F5N4O4/c21-10-3-1-9(2-4-10)15(30)28-19(20(23,24)25)13-14(26-17(19)32)29(18(33)27-16(13)31)12-7-5-11(22)6-8-12/h1-8H,(H,26,32)(H,28,30)(H,27,31,33). The summed E-state index contributed by atoms with van der Waals surface area (Å²) in [5.74, 6) is -5.62. The zero-order chi connectivity index (χ0) is 24.1. The summed E-state index contributed by atoms with van der Waals surface area (Å²) >= 11 is 0. The Labute approximate surface area is 179 Å². The van der Waals surface area contributed by atoms with Crippen molar-refractivity contribution in [1.82, 2.24) is 14.9 Å². The van der Waals surface area contributed by atoms with Gasteiger partial charge in [-0.3, -0.25) is 19.4 Å². The largest absolute Gasteiger partial charge is 0.425 e. The molecule has 2 amide bonds. The van der Waals surface area contributed by atoms with Gasteiger partial charge in [-0.15, -0.1) is 0 Å². The second-order valence-electron chi connectivity index (χ2n) is 6.96. The number of carbonyl (C=O) groups excluding carboxylic acids is 2. The van der Waals surface area contributed by atoms with E-state index in [1.807, 2.05) is 5.32 Å². The Kier molecular flexibility index (Phi) is 4.91. The average Bonchev–Trinajstić information content (AvgIpc) is 3.03. The molecular formula is C20H11F5N4O4. The quantitative estimate of drug-likeness (QED) is 0.512. The van der Waals surface area contributed by atoms with Crippen molar-refractivity contribution >= 4 is 17.6 Å². The third-order valence-corrected chi connectivity index (χ3v) is 4.98. The highest BCUT2D eigenvalue weighted by atomic mass is 19.4. The monoisotopic (exact) mass is 466 g/mol. The maximum absolute atomic E-state index is 14.3. The molecule has 1 aromatic heterocycles. The Balaban J connectivity index is 1.96. The number of rotatable bonds is 3. The van der Waals surface area contributed by atoms with E-state index in [9.17, 15) is 41.1 Å². The van der Waals surface area contributed by atoms with Crippen molar-refractivity contribution < 1.29 is 31.5 Å². The van der Waals surface area contributed by atoms with E-state index in [4.69, 9.17) is 0 Å². The predicted molar refractivity (Wildman–Crippen MR) is 103 cm³/mol. The van der Waals surface area contributed by atoms with E-state index in [2.05, 4.69) is 0 Å². The highest BCUT2D eigenvalue weighted by Gasteiger charge is 2.68. The lowest BCUT2D eigenvalue weighted by atomic mass is 9.91. The first-order valence-electron chi connectivity index (χ1n) is 9.07. The van der Waals surface area contributed by atoms with Crippen LogP contribution >= 0.6 is 0 Å². The number of hydrogen-bond donors (Lipinski definition) is 3. The molecule has 33 heavy (non-hydrogen) atoms. The molecule has 8 nitrogen and oxygen atoms in total. The number of nitrogens with zero attached hydrogens (tertiary/aromatic N) is 1. The fraction of sp³-hybridized carbons (Fsp3) is 0.100. The molecule has 2 aromatic carbocycles. The fourth-order valence-corrected chi connectivity index (χ4v) is 3.46. The van der Waals surface area contributed by atoms with Crippen LogP contribution < -0.4 is 21.9 Å². The minimum atomic E-state index is -5.55.